The van der Waals surface area contributed by atoms with Gasteiger partial charge in [0.15, 0.2) is 18.1 Å². The van der Waals surface area contributed by atoms with Crippen molar-refractivity contribution >= 4 is 40.8 Å². The Morgan fingerprint density at radius 2 is 1.97 bits per heavy atom. The van der Waals surface area contributed by atoms with E-state index in [4.69, 9.17) is 25.8 Å². The van der Waals surface area contributed by atoms with Crippen LogP contribution in [0.25, 0.3) is 0 Å². The number of halogens is 1. The van der Waals surface area contributed by atoms with Gasteiger partial charge in [0.25, 0.3) is 5.91 Å². The molecule has 1 heterocycles. The van der Waals surface area contributed by atoms with Gasteiger partial charge < -0.3 is 19.5 Å². The number of hydrogen-bond acceptors (Lipinski definition) is 7. The number of esters is 1. The van der Waals surface area contributed by atoms with E-state index in [0.717, 1.165) is 11.3 Å². The van der Waals surface area contributed by atoms with Crippen molar-refractivity contribution in [1.29, 1.82) is 0 Å². The third-order valence-corrected chi connectivity index (χ3v) is 5.04. The molecular weight excluding hydrogens is 444 g/mol. The van der Waals surface area contributed by atoms with Crippen molar-refractivity contribution in [3.8, 4) is 11.5 Å². The number of carbonyl (C=O) groups is 3. The molecule has 0 spiro atoms. The lowest BCUT2D eigenvalue weighted by atomic mass is 10.2. The van der Waals surface area contributed by atoms with E-state index in [1.807, 2.05) is 24.4 Å². The SMILES string of the molecule is CCCOc1c(Cl)cc(C(=O)OCC(=O)NC(=O)NCCc2cccs2)cc1OCC. The largest absolute Gasteiger partial charge is 0.490 e. The highest BCUT2D eigenvalue weighted by Crippen LogP contribution is 2.37. The van der Waals surface area contributed by atoms with Crippen LogP contribution >= 0.6 is 22.9 Å². The second-order valence-electron chi connectivity index (χ2n) is 6.28. The summed E-state index contributed by atoms with van der Waals surface area (Å²) < 4.78 is 16.1. The molecule has 0 bridgehead atoms. The number of ether oxygens (including phenoxy) is 3. The highest BCUT2D eigenvalue weighted by molar-refractivity contribution is 7.09. The first-order valence-corrected chi connectivity index (χ1v) is 11.1. The van der Waals surface area contributed by atoms with Gasteiger partial charge in [-0.1, -0.05) is 24.6 Å². The molecule has 31 heavy (non-hydrogen) atoms. The summed E-state index contributed by atoms with van der Waals surface area (Å²) in [4.78, 5) is 37.1. The number of rotatable bonds is 11. The highest BCUT2D eigenvalue weighted by Gasteiger charge is 2.18. The van der Waals surface area contributed by atoms with Crippen molar-refractivity contribution < 1.29 is 28.6 Å². The first-order chi connectivity index (χ1) is 14.9. The van der Waals surface area contributed by atoms with E-state index in [-0.39, 0.29) is 10.6 Å². The lowest BCUT2D eigenvalue weighted by molar-refractivity contribution is -0.123. The van der Waals surface area contributed by atoms with Crippen molar-refractivity contribution in [2.75, 3.05) is 26.4 Å². The second-order valence-corrected chi connectivity index (χ2v) is 7.72. The van der Waals surface area contributed by atoms with Crippen LogP contribution in [0.1, 0.15) is 35.5 Å². The third-order valence-electron chi connectivity index (χ3n) is 3.82. The van der Waals surface area contributed by atoms with Crippen LogP contribution in [0.2, 0.25) is 5.02 Å². The van der Waals surface area contributed by atoms with Gasteiger partial charge in [0.05, 0.1) is 23.8 Å². The molecule has 0 aliphatic carbocycles. The van der Waals surface area contributed by atoms with Crippen molar-refractivity contribution in [2.45, 2.75) is 26.7 Å². The molecule has 0 atom stereocenters. The van der Waals surface area contributed by atoms with Gasteiger partial charge in [-0.15, -0.1) is 11.3 Å². The number of benzene rings is 1. The maximum absolute atomic E-state index is 12.3. The average molecular weight is 469 g/mol. The molecule has 1 aromatic carbocycles. The Kier molecular flexibility index (Phi) is 10.1. The smallest absolute Gasteiger partial charge is 0.338 e. The number of imide groups is 1. The minimum atomic E-state index is -0.779. The summed E-state index contributed by atoms with van der Waals surface area (Å²) >= 11 is 7.81. The molecule has 2 rings (SSSR count). The van der Waals surface area contributed by atoms with Crippen molar-refractivity contribution in [3.05, 3.63) is 45.1 Å². The van der Waals surface area contributed by atoms with Crippen molar-refractivity contribution in [3.63, 3.8) is 0 Å². The number of carbonyl (C=O) groups excluding carboxylic acids is 3. The molecule has 0 fully saturated rings. The molecule has 8 nitrogen and oxygen atoms in total. The van der Waals surface area contributed by atoms with Crippen LogP contribution in [-0.2, 0) is 16.0 Å². The lowest BCUT2D eigenvalue weighted by Crippen LogP contribution is -2.42. The first-order valence-electron chi connectivity index (χ1n) is 9.80. The van der Waals surface area contributed by atoms with Crippen LogP contribution in [0.4, 0.5) is 4.79 Å². The van der Waals surface area contributed by atoms with Gasteiger partial charge in [-0.2, -0.15) is 0 Å². The standard InChI is InChI=1S/C21H25ClN2O6S/c1-3-9-29-19-16(22)11-14(12-17(19)28-4-2)20(26)30-13-18(25)24-21(27)23-8-7-15-6-5-10-31-15/h5-6,10-12H,3-4,7-9,13H2,1-2H3,(H2,23,24,25,27). The second kappa shape index (κ2) is 12.8. The van der Waals surface area contributed by atoms with E-state index in [2.05, 4.69) is 10.6 Å². The molecule has 10 heteroatoms. The number of hydrogen-bond donors (Lipinski definition) is 2. The molecule has 0 saturated carbocycles. The minimum Gasteiger partial charge on any atom is -0.490 e. The normalized spacial score (nSPS) is 10.3. The summed E-state index contributed by atoms with van der Waals surface area (Å²) in [5.41, 5.74) is 0.102. The zero-order valence-corrected chi connectivity index (χ0v) is 18.9. The summed E-state index contributed by atoms with van der Waals surface area (Å²) in [6, 6.07) is 6.05. The van der Waals surface area contributed by atoms with E-state index in [9.17, 15) is 14.4 Å². The molecule has 168 valence electrons. The Morgan fingerprint density at radius 1 is 1.16 bits per heavy atom. The summed E-state index contributed by atoms with van der Waals surface area (Å²) in [5.74, 6) is -0.872. The minimum absolute atomic E-state index is 0.102. The van der Waals surface area contributed by atoms with E-state index in [1.54, 1.807) is 18.3 Å². The first kappa shape index (κ1) is 24.5. The number of nitrogens with one attached hydrogen (secondary N) is 2. The molecule has 0 unspecified atom stereocenters. The predicted octanol–water partition coefficient (Wildman–Crippen LogP) is 3.81. The maximum Gasteiger partial charge on any atom is 0.338 e. The zero-order chi connectivity index (χ0) is 22.6. The van der Waals surface area contributed by atoms with Crippen LogP contribution < -0.4 is 20.1 Å². The van der Waals surface area contributed by atoms with Gasteiger partial charge in [-0.3, -0.25) is 10.1 Å². The lowest BCUT2D eigenvalue weighted by Gasteiger charge is -2.14. The topological polar surface area (TPSA) is 103 Å². The van der Waals surface area contributed by atoms with E-state index >= 15 is 0 Å². The Morgan fingerprint density at radius 3 is 2.65 bits per heavy atom. The van der Waals surface area contributed by atoms with Gasteiger partial charge in [0, 0.05) is 11.4 Å². The van der Waals surface area contributed by atoms with Crippen LogP contribution in [0.15, 0.2) is 29.6 Å². The van der Waals surface area contributed by atoms with Crippen LogP contribution in [0, 0.1) is 0 Å². The molecule has 0 aliphatic heterocycles. The number of thiophene rings is 1. The Balaban J connectivity index is 1.84. The number of urea groups is 1. The monoisotopic (exact) mass is 468 g/mol. The fourth-order valence-corrected chi connectivity index (χ4v) is 3.44. The molecule has 1 aromatic heterocycles. The van der Waals surface area contributed by atoms with Gasteiger partial charge in [-0.25, -0.2) is 9.59 Å². The highest BCUT2D eigenvalue weighted by atomic mass is 35.5. The zero-order valence-electron chi connectivity index (χ0n) is 17.4. The summed E-state index contributed by atoms with van der Waals surface area (Å²) in [6.07, 6.45) is 1.44. The summed E-state index contributed by atoms with van der Waals surface area (Å²) in [6.45, 7) is 4.30. The Hall–Kier alpha value is -2.78. The third kappa shape index (κ3) is 8.10. The quantitative estimate of drug-likeness (QED) is 0.486. The van der Waals surface area contributed by atoms with Crippen LogP contribution in [0.3, 0.4) is 0 Å². The van der Waals surface area contributed by atoms with Gasteiger partial charge in [-0.05, 0) is 43.3 Å². The van der Waals surface area contributed by atoms with Crippen molar-refractivity contribution in [2.24, 2.45) is 0 Å². The van der Waals surface area contributed by atoms with E-state index in [0.29, 0.717) is 37.7 Å². The average Bonchev–Trinajstić information content (AvgIpc) is 3.25. The predicted molar refractivity (Wildman–Crippen MR) is 118 cm³/mol. The molecular formula is C21H25ClN2O6S. The molecule has 0 saturated heterocycles. The van der Waals surface area contributed by atoms with E-state index < -0.39 is 24.5 Å². The molecule has 2 aromatic rings. The molecule has 2 N–H and O–H groups in total. The van der Waals surface area contributed by atoms with Crippen LogP contribution in [-0.4, -0.2) is 44.3 Å². The van der Waals surface area contributed by atoms with E-state index in [1.165, 1.54) is 12.1 Å². The van der Waals surface area contributed by atoms with Gasteiger partial charge in [0.2, 0.25) is 0 Å². The molecule has 0 aliphatic rings. The van der Waals surface area contributed by atoms with Crippen molar-refractivity contribution in [1.82, 2.24) is 10.6 Å². The summed E-state index contributed by atoms with van der Waals surface area (Å²) in [5, 5.41) is 6.82. The molecule has 3 amide bonds. The Bertz CT molecular complexity index is 888. The fraction of sp³-hybridized carbons (Fsp3) is 0.381. The molecule has 0 radical (unpaired) electrons. The fourth-order valence-electron chi connectivity index (χ4n) is 2.47. The Labute approximate surface area is 189 Å². The summed E-state index contributed by atoms with van der Waals surface area (Å²) in [7, 11) is 0. The van der Waals surface area contributed by atoms with Gasteiger partial charge in [0.1, 0.15) is 0 Å². The van der Waals surface area contributed by atoms with Crippen LogP contribution in [0.5, 0.6) is 11.5 Å². The maximum atomic E-state index is 12.3. The number of amides is 3. The van der Waals surface area contributed by atoms with Gasteiger partial charge >= 0.3 is 12.0 Å².